The Morgan fingerprint density at radius 2 is 1.95 bits per heavy atom. The van der Waals surface area contributed by atoms with Crippen LogP contribution >= 0.6 is 11.3 Å². The van der Waals surface area contributed by atoms with Crippen LogP contribution in [0.25, 0.3) is 10.4 Å². The highest BCUT2D eigenvalue weighted by Gasteiger charge is 2.11. The van der Waals surface area contributed by atoms with E-state index in [1.54, 1.807) is 7.11 Å². The third-order valence-corrected chi connectivity index (χ3v) is 4.61. The van der Waals surface area contributed by atoms with E-state index in [9.17, 15) is 0 Å². The van der Waals surface area contributed by atoms with Gasteiger partial charge in [-0.1, -0.05) is 24.3 Å². The molecule has 20 heavy (non-hydrogen) atoms. The Morgan fingerprint density at radius 1 is 1.20 bits per heavy atom. The van der Waals surface area contributed by atoms with Crippen LogP contribution in [0.5, 0.6) is 0 Å². The number of methoxy groups -OCH3 is 1. The fraction of sp³-hybridized carbons (Fsp3) is 0.412. The van der Waals surface area contributed by atoms with Crippen LogP contribution in [0.3, 0.4) is 0 Å². The molecule has 0 fully saturated rings. The molecule has 108 valence electrons. The molecule has 0 N–H and O–H groups in total. The highest BCUT2D eigenvalue weighted by atomic mass is 32.1. The lowest BCUT2D eigenvalue weighted by molar-refractivity contribution is 0.158. The largest absolute Gasteiger partial charge is 0.383 e. The Bertz CT molecular complexity index is 562. The molecule has 0 unspecified atom stereocenters. The highest BCUT2D eigenvalue weighted by molar-refractivity contribution is 7.15. The molecule has 3 heteroatoms. The van der Waals surface area contributed by atoms with Gasteiger partial charge in [0.05, 0.1) is 6.61 Å². The fourth-order valence-corrected chi connectivity index (χ4v) is 3.49. The van der Waals surface area contributed by atoms with E-state index in [1.165, 1.54) is 26.4 Å². The first-order valence-electron chi connectivity index (χ1n) is 6.94. The van der Waals surface area contributed by atoms with Crippen LogP contribution in [0.1, 0.15) is 16.0 Å². The van der Waals surface area contributed by atoms with Crippen molar-refractivity contribution in [1.29, 1.82) is 0 Å². The molecule has 0 aliphatic rings. The number of hydrogen-bond donors (Lipinski definition) is 0. The summed E-state index contributed by atoms with van der Waals surface area (Å²) in [6.45, 7) is 7.05. The Hall–Kier alpha value is -1.16. The first kappa shape index (κ1) is 15.2. The normalized spacial score (nSPS) is 11.2. The van der Waals surface area contributed by atoms with E-state index in [1.807, 2.05) is 11.3 Å². The zero-order valence-corrected chi connectivity index (χ0v) is 13.6. The van der Waals surface area contributed by atoms with Gasteiger partial charge in [0.25, 0.3) is 0 Å². The quantitative estimate of drug-likeness (QED) is 0.793. The van der Waals surface area contributed by atoms with Crippen LogP contribution in [0.2, 0.25) is 0 Å². The molecule has 0 spiro atoms. The molecule has 0 aliphatic carbocycles. The molecule has 0 saturated carbocycles. The molecule has 0 atom stereocenters. The Morgan fingerprint density at radius 3 is 2.60 bits per heavy atom. The van der Waals surface area contributed by atoms with Crippen LogP contribution in [-0.2, 0) is 11.3 Å². The summed E-state index contributed by atoms with van der Waals surface area (Å²) in [6.07, 6.45) is 0. The van der Waals surface area contributed by atoms with Crippen LogP contribution in [0.4, 0.5) is 0 Å². The average Bonchev–Trinajstić information content (AvgIpc) is 2.76. The Kier molecular flexibility index (Phi) is 5.35. The second-order valence-corrected chi connectivity index (χ2v) is 6.51. The SMILES string of the molecule is COCCN(C)Cc1ccccc1-c1sc(C)cc1C. The van der Waals surface area contributed by atoms with Crippen molar-refractivity contribution in [2.24, 2.45) is 0 Å². The van der Waals surface area contributed by atoms with Gasteiger partial charge in [-0.25, -0.2) is 0 Å². The highest BCUT2D eigenvalue weighted by Crippen LogP contribution is 2.34. The van der Waals surface area contributed by atoms with Crippen molar-refractivity contribution < 1.29 is 4.74 Å². The van der Waals surface area contributed by atoms with Gasteiger partial charge in [-0.15, -0.1) is 11.3 Å². The van der Waals surface area contributed by atoms with E-state index in [4.69, 9.17) is 4.74 Å². The third-order valence-electron chi connectivity index (χ3n) is 3.42. The van der Waals surface area contributed by atoms with E-state index < -0.39 is 0 Å². The minimum atomic E-state index is 0.774. The third kappa shape index (κ3) is 3.69. The number of ether oxygens (including phenoxy) is 1. The van der Waals surface area contributed by atoms with Crippen molar-refractivity contribution >= 4 is 11.3 Å². The maximum Gasteiger partial charge on any atom is 0.0589 e. The minimum Gasteiger partial charge on any atom is -0.383 e. The van der Waals surface area contributed by atoms with Gasteiger partial charge in [0.15, 0.2) is 0 Å². The lowest BCUT2D eigenvalue weighted by Gasteiger charge is -2.18. The van der Waals surface area contributed by atoms with E-state index in [2.05, 4.69) is 56.1 Å². The van der Waals surface area contributed by atoms with Crippen LogP contribution < -0.4 is 0 Å². The van der Waals surface area contributed by atoms with E-state index in [0.29, 0.717) is 0 Å². The molecule has 0 bridgehead atoms. The van der Waals surface area contributed by atoms with Crippen molar-refractivity contribution in [3.63, 3.8) is 0 Å². The van der Waals surface area contributed by atoms with E-state index in [-0.39, 0.29) is 0 Å². The van der Waals surface area contributed by atoms with Gasteiger partial charge in [-0.3, -0.25) is 4.90 Å². The molecule has 0 amide bonds. The number of nitrogens with zero attached hydrogens (tertiary/aromatic N) is 1. The summed E-state index contributed by atoms with van der Waals surface area (Å²) in [6, 6.07) is 11.0. The van der Waals surface area contributed by atoms with Crippen molar-refractivity contribution in [3.05, 3.63) is 46.3 Å². The second-order valence-electron chi connectivity index (χ2n) is 5.26. The Labute approximate surface area is 126 Å². The first-order valence-corrected chi connectivity index (χ1v) is 7.76. The number of benzene rings is 1. The summed E-state index contributed by atoms with van der Waals surface area (Å²) >= 11 is 1.88. The maximum absolute atomic E-state index is 5.15. The van der Waals surface area contributed by atoms with E-state index >= 15 is 0 Å². The molecular formula is C17H23NOS. The van der Waals surface area contributed by atoms with Crippen molar-refractivity contribution in [2.45, 2.75) is 20.4 Å². The summed E-state index contributed by atoms with van der Waals surface area (Å²) in [7, 11) is 3.89. The molecule has 2 nitrogen and oxygen atoms in total. The summed E-state index contributed by atoms with van der Waals surface area (Å²) in [5.41, 5.74) is 4.13. The summed E-state index contributed by atoms with van der Waals surface area (Å²) in [5, 5.41) is 0. The average molecular weight is 289 g/mol. The maximum atomic E-state index is 5.15. The van der Waals surface area contributed by atoms with Crippen molar-refractivity contribution in [1.82, 2.24) is 4.90 Å². The van der Waals surface area contributed by atoms with Crippen LogP contribution in [-0.4, -0.2) is 32.2 Å². The predicted molar refractivity (Wildman–Crippen MR) is 87.4 cm³/mol. The van der Waals surface area contributed by atoms with Gasteiger partial charge in [0, 0.05) is 30.0 Å². The van der Waals surface area contributed by atoms with Gasteiger partial charge in [0.2, 0.25) is 0 Å². The standard InChI is InChI=1S/C17H23NOS/c1-13-11-14(2)20-17(13)16-8-6-5-7-15(16)12-18(3)9-10-19-4/h5-8,11H,9-10,12H2,1-4H3. The number of hydrogen-bond acceptors (Lipinski definition) is 3. The van der Waals surface area contributed by atoms with Crippen LogP contribution in [0.15, 0.2) is 30.3 Å². The minimum absolute atomic E-state index is 0.774. The van der Waals surface area contributed by atoms with Crippen LogP contribution in [0, 0.1) is 13.8 Å². The predicted octanol–water partition coefficient (Wildman–Crippen LogP) is 4.11. The van der Waals surface area contributed by atoms with Gasteiger partial charge in [-0.2, -0.15) is 0 Å². The Balaban J connectivity index is 2.24. The molecule has 0 radical (unpaired) electrons. The monoisotopic (exact) mass is 289 g/mol. The number of thiophene rings is 1. The number of rotatable bonds is 6. The zero-order chi connectivity index (χ0) is 14.5. The molecule has 1 aromatic carbocycles. The first-order chi connectivity index (χ1) is 9.61. The smallest absolute Gasteiger partial charge is 0.0589 e. The fourth-order valence-electron chi connectivity index (χ4n) is 2.41. The van der Waals surface area contributed by atoms with Gasteiger partial charge in [0.1, 0.15) is 0 Å². The van der Waals surface area contributed by atoms with E-state index in [0.717, 1.165) is 19.7 Å². The molecule has 0 saturated heterocycles. The molecule has 1 heterocycles. The lowest BCUT2D eigenvalue weighted by atomic mass is 10.0. The lowest BCUT2D eigenvalue weighted by Crippen LogP contribution is -2.22. The van der Waals surface area contributed by atoms with Crippen molar-refractivity contribution in [2.75, 3.05) is 27.3 Å². The second kappa shape index (κ2) is 7.02. The molecule has 0 aliphatic heterocycles. The summed E-state index contributed by atoms with van der Waals surface area (Å²) < 4.78 is 5.15. The topological polar surface area (TPSA) is 12.5 Å². The van der Waals surface area contributed by atoms with Gasteiger partial charge in [-0.05, 0) is 43.7 Å². The summed E-state index contributed by atoms with van der Waals surface area (Å²) in [5.74, 6) is 0. The molecule has 2 rings (SSSR count). The van der Waals surface area contributed by atoms with Crippen molar-refractivity contribution in [3.8, 4) is 10.4 Å². The molecule has 2 aromatic rings. The zero-order valence-electron chi connectivity index (χ0n) is 12.8. The van der Waals surface area contributed by atoms with Gasteiger partial charge < -0.3 is 4.74 Å². The van der Waals surface area contributed by atoms with Gasteiger partial charge >= 0.3 is 0 Å². The number of likely N-dealkylation sites (N-methyl/N-ethyl adjacent to an activating group) is 1. The number of aryl methyl sites for hydroxylation is 2. The molecule has 1 aromatic heterocycles. The molecular weight excluding hydrogens is 266 g/mol. The summed E-state index contributed by atoms with van der Waals surface area (Å²) in [4.78, 5) is 5.08.